The summed E-state index contributed by atoms with van der Waals surface area (Å²) < 4.78 is 46.7. The van der Waals surface area contributed by atoms with Crippen molar-refractivity contribution in [3.8, 4) is 0 Å². The fourth-order valence-electron chi connectivity index (χ4n) is 3.71. The van der Waals surface area contributed by atoms with Crippen molar-refractivity contribution in [1.29, 1.82) is 0 Å². The number of anilines is 4. The first-order chi connectivity index (χ1) is 17.2. The van der Waals surface area contributed by atoms with Gasteiger partial charge in [0.1, 0.15) is 17.0 Å². The van der Waals surface area contributed by atoms with E-state index in [9.17, 15) is 22.8 Å². The lowest BCUT2D eigenvalue weighted by atomic mass is 10.1. The number of likely N-dealkylation sites (tertiary alicyclic amines) is 1. The number of hydrogen-bond acceptors (Lipinski definition) is 7. The molecule has 0 radical (unpaired) electrons. The molecule has 1 saturated heterocycles. The highest BCUT2D eigenvalue weighted by Crippen LogP contribution is 2.36. The van der Waals surface area contributed by atoms with Crippen molar-refractivity contribution in [3.63, 3.8) is 0 Å². The second kappa shape index (κ2) is 11.1. The van der Waals surface area contributed by atoms with E-state index in [-0.39, 0.29) is 29.9 Å². The molecule has 1 aromatic heterocycles. The summed E-state index contributed by atoms with van der Waals surface area (Å²) in [6.07, 6.45) is -2.08. The van der Waals surface area contributed by atoms with Gasteiger partial charge in [0.2, 0.25) is 11.9 Å². The van der Waals surface area contributed by atoms with Crippen molar-refractivity contribution in [2.24, 2.45) is 0 Å². The molecule has 1 atom stereocenters. The molecule has 0 bridgehead atoms. The lowest BCUT2D eigenvalue weighted by Gasteiger charge is -2.34. The maximum absolute atomic E-state index is 13.8. The summed E-state index contributed by atoms with van der Waals surface area (Å²) in [5.74, 6) is -1.03. The fourth-order valence-corrected chi connectivity index (χ4v) is 3.71. The minimum atomic E-state index is -4.73. The summed E-state index contributed by atoms with van der Waals surface area (Å²) in [4.78, 5) is 33.8. The number of aryl methyl sites for hydroxylation is 1. The number of hydrogen-bond donors (Lipinski definition) is 3. The maximum Gasteiger partial charge on any atom is 0.421 e. The minimum Gasteiger partial charge on any atom is -0.444 e. The van der Waals surface area contributed by atoms with Gasteiger partial charge in [0.05, 0.1) is 11.4 Å². The van der Waals surface area contributed by atoms with Crippen molar-refractivity contribution in [2.45, 2.75) is 58.4 Å². The molecule has 3 N–H and O–H groups in total. The summed E-state index contributed by atoms with van der Waals surface area (Å²) in [6, 6.07) is 4.56. The van der Waals surface area contributed by atoms with E-state index in [1.165, 1.54) is 0 Å². The number of nitrogens with one attached hydrogen (secondary N) is 3. The first-order valence-corrected chi connectivity index (χ1v) is 11.7. The van der Waals surface area contributed by atoms with Gasteiger partial charge < -0.3 is 25.6 Å². The SMILES string of the molecule is C=CC(=O)Nc1cc(C)ccc1Nc1nc(N[C@H]2CCCN(C(=O)OC(C)(C)C)C2)ncc1C(F)(F)F. The van der Waals surface area contributed by atoms with Gasteiger partial charge in [-0.1, -0.05) is 12.6 Å². The Morgan fingerprint density at radius 1 is 1.22 bits per heavy atom. The predicted octanol–water partition coefficient (Wildman–Crippen LogP) is 5.48. The van der Waals surface area contributed by atoms with Crippen LogP contribution in [0.1, 0.15) is 44.7 Å². The molecule has 200 valence electrons. The molecular formula is C25H31F3N6O3. The van der Waals surface area contributed by atoms with Crippen molar-refractivity contribution in [2.75, 3.05) is 29.0 Å². The second-order valence-corrected chi connectivity index (χ2v) is 9.73. The van der Waals surface area contributed by atoms with Crippen LogP contribution in [0.5, 0.6) is 0 Å². The van der Waals surface area contributed by atoms with Gasteiger partial charge in [-0.3, -0.25) is 4.79 Å². The number of halogens is 3. The van der Waals surface area contributed by atoms with Gasteiger partial charge in [0.25, 0.3) is 0 Å². The third kappa shape index (κ3) is 7.83. The van der Waals surface area contributed by atoms with Crippen LogP contribution in [0.3, 0.4) is 0 Å². The largest absolute Gasteiger partial charge is 0.444 e. The molecule has 12 heteroatoms. The van der Waals surface area contributed by atoms with Gasteiger partial charge >= 0.3 is 12.3 Å². The van der Waals surface area contributed by atoms with Crippen molar-refractivity contribution in [3.05, 3.63) is 48.2 Å². The molecule has 2 amide bonds. The average molecular weight is 521 g/mol. The standard InChI is InChI=1S/C25H31F3N6O3/c1-6-20(35)31-19-12-15(2)9-10-18(19)32-21-17(25(26,27)28)13-29-22(33-21)30-16-8-7-11-34(14-16)23(36)37-24(3,4)5/h6,9-10,12-13,16H,1,7-8,11,14H2,2-5H3,(H,31,35)(H2,29,30,32,33)/t16-/m0/s1. The molecule has 1 aliphatic heterocycles. The Morgan fingerprint density at radius 3 is 2.59 bits per heavy atom. The van der Waals surface area contributed by atoms with Crippen LogP contribution in [0.2, 0.25) is 0 Å². The molecule has 1 aromatic carbocycles. The third-order valence-corrected chi connectivity index (χ3v) is 5.37. The van der Waals surface area contributed by atoms with Crippen LogP contribution in [0, 0.1) is 6.92 Å². The molecule has 1 aliphatic rings. The Morgan fingerprint density at radius 2 is 1.95 bits per heavy atom. The normalized spacial score (nSPS) is 16.1. The number of carbonyl (C=O) groups is 2. The quantitative estimate of drug-likeness (QED) is 0.433. The van der Waals surface area contributed by atoms with Crippen molar-refractivity contribution in [1.82, 2.24) is 14.9 Å². The van der Waals surface area contributed by atoms with Crippen LogP contribution in [-0.2, 0) is 15.7 Å². The highest BCUT2D eigenvalue weighted by atomic mass is 19.4. The van der Waals surface area contributed by atoms with E-state index in [2.05, 4.69) is 32.5 Å². The number of nitrogens with zero attached hydrogens (tertiary/aromatic N) is 3. The van der Waals surface area contributed by atoms with Crippen molar-refractivity contribution >= 4 is 35.1 Å². The molecule has 9 nitrogen and oxygen atoms in total. The zero-order valence-corrected chi connectivity index (χ0v) is 21.2. The summed E-state index contributed by atoms with van der Waals surface area (Å²) in [5.41, 5.74) is -0.443. The predicted molar refractivity (Wildman–Crippen MR) is 135 cm³/mol. The molecular weight excluding hydrogens is 489 g/mol. The molecule has 1 fully saturated rings. The molecule has 37 heavy (non-hydrogen) atoms. The Kier molecular flexibility index (Phi) is 8.29. The average Bonchev–Trinajstić information content (AvgIpc) is 2.79. The Labute approximate surface area is 213 Å². The number of rotatable bonds is 6. The molecule has 0 unspecified atom stereocenters. The fraction of sp³-hybridized carbons (Fsp3) is 0.440. The van der Waals surface area contributed by atoms with E-state index < -0.39 is 35.2 Å². The number of ether oxygens (including phenoxy) is 1. The number of benzene rings is 1. The van der Waals surface area contributed by atoms with Crippen LogP contribution in [-0.4, -0.2) is 51.6 Å². The van der Waals surface area contributed by atoms with Crippen molar-refractivity contribution < 1.29 is 27.5 Å². The molecule has 0 saturated carbocycles. The molecule has 2 heterocycles. The van der Waals surface area contributed by atoms with E-state index in [0.29, 0.717) is 25.6 Å². The van der Waals surface area contributed by atoms with Gasteiger partial charge in [0.15, 0.2) is 0 Å². The topological polar surface area (TPSA) is 108 Å². The summed E-state index contributed by atoms with van der Waals surface area (Å²) in [5, 5.41) is 8.31. The van der Waals surface area contributed by atoms with Gasteiger partial charge in [-0.15, -0.1) is 0 Å². The second-order valence-electron chi connectivity index (χ2n) is 9.73. The minimum absolute atomic E-state index is 0.0321. The smallest absolute Gasteiger partial charge is 0.421 e. The summed E-state index contributed by atoms with van der Waals surface area (Å²) in [6.45, 7) is 11.3. The first kappa shape index (κ1) is 27.8. The van der Waals surface area contributed by atoms with Gasteiger partial charge in [0, 0.05) is 25.3 Å². The molecule has 0 aliphatic carbocycles. The van der Waals surface area contributed by atoms with E-state index >= 15 is 0 Å². The zero-order chi connectivity index (χ0) is 27.4. The van der Waals surface area contributed by atoms with Gasteiger partial charge in [-0.25, -0.2) is 9.78 Å². The monoisotopic (exact) mass is 520 g/mol. The van der Waals surface area contributed by atoms with Crippen LogP contribution in [0.15, 0.2) is 37.1 Å². The van der Waals surface area contributed by atoms with E-state index in [1.807, 2.05) is 0 Å². The summed E-state index contributed by atoms with van der Waals surface area (Å²) >= 11 is 0. The number of piperidine rings is 1. The third-order valence-electron chi connectivity index (χ3n) is 5.37. The van der Waals surface area contributed by atoms with E-state index in [1.54, 1.807) is 50.8 Å². The van der Waals surface area contributed by atoms with E-state index in [4.69, 9.17) is 4.74 Å². The number of amides is 2. The lowest BCUT2D eigenvalue weighted by Crippen LogP contribution is -2.47. The Bertz CT molecular complexity index is 1160. The van der Waals surface area contributed by atoms with E-state index in [0.717, 1.165) is 11.6 Å². The van der Waals surface area contributed by atoms with Crippen LogP contribution < -0.4 is 16.0 Å². The number of alkyl halides is 3. The number of carbonyl (C=O) groups excluding carboxylic acids is 2. The number of aromatic nitrogens is 2. The highest BCUT2D eigenvalue weighted by Gasteiger charge is 2.36. The Hall–Kier alpha value is -3.83. The first-order valence-electron chi connectivity index (χ1n) is 11.7. The molecule has 3 rings (SSSR count). The highest BCUT2D eigenvalue weighted by molar-refractivity contribution is 6.01. The van der Waals surface area contributed by atoms with Crippen LogP contribution >= 0.6 is 0 Å². The van der Waals surface area contributed by atoms with Gasteiger partial charge in [-0.2, -0.15) is 18.2 Å². The Balaban J connectivity index is 1.85. The van der Waals surface area contributed by atoms with Crippen LogP contribution in [0.4, 0.5) is 41.1 Å². The van der Waals surface area contributed by atoms with Crippen LogP contribution in [0.25, 0.3) is 0 Å². The molecule has 0 spiro atoms. The molecule has 2 aromatic rings. The summed E-state index contributed by atoms with van der Waals surface area (Å²) in [7, 11) is 0. The van der Waals surface area contributed by atoms with Gasteiger partial charge in [-0.05, 0) is 64.3 Å². The maximum atomic E-state index is 13.8. The lowest BCUT2D eigenvalue weighted by molar-refractivity contribution is -0.137. The zero-order valence-electron chi connectivity index (χ0n) is 21.2.